The molecule has 15 heavy (non-hydrogen) atoms. The van der Waals surface area contributed by atoms with E-state index in [1.807, 2.05) is 0 Å². The number of hydrazine groups is 1. The zero-order valence-electron chi connectivity index (χ0n) is 8.22. The second-order valence-electron chi connectivity index (χ2n) is 3.86. The summed E-state index contributed by atoms with van der Waals surface area (Å²) in [6.07, 6.45) is 3.81. The minimum Gasteiger partial charge on any atom is -0.472 e. The molecule has 0 spiro atoms. The summed E-state index contributed by atoms with van der Waals surface area (Å²) in [5.74, 6) is 5.94. The van der Waals surface area contributed by atoms with E-state index in [1.54, 1.807) is 18.6 Å². The summed E-state index contributed by atoms with van der Waals surface area (Å²) in [6.45, 7) is 0. The molecule has 0 bridgehead atoms. The molecule has 2 rings (SSSR count). The van der Waals surface area contributed by atoms with Crippen LogP contribution in [0.3, 0.4) is 0 Å². The highest BCUT2D eigenvalue weighted by atomic mass is 32.2. The van der Waals surface area contributed by atoms with E-state index in [9.17, 15) is 8.42 Å². The predicted octanol–water partition coefficient (Wildman–Crippen LogP) is 0.219. The molecule has 1 saturated heterocycles. The largest absolute Gasteiger partial charge is 0.472 e. The fraction of sp³-hybridized carbons (Fsp3) is 0.556. The number of sulfone groups is 1. The molecule has 1 aliphatic rings. The molecule has 0 amide bonds. The maximum absolute atomic E-state index is 11.3. The Bertz CT molecular complexity index is 413. The van der Waals surface area contributed by atoms with E-state index in [1.165, 1.54) is 0 Å². The van der Waals surface area contributed by atoms with Crippen LogP contribution in [0.25, 0.3) is 0 Å². The third-order valence-corrected chi connectivity index (χ3v) is 4.61. The van der Waals surface area contributed by atoms with Crippen molar-refractivity contribution in [3.05, 3.63) is 24.2 Å². The second-order valence-corrected chi connectivity index (χ2v) is 6.09. The van der Waals surface area contributed by atoms with Crippen LogP contribution in [0.5, 0.6) is 0 Å². The van der Waals surface area contributed by atoms with E-state index in [4.69, 9.17) is 10.3 Å². The molecule has 1 aliphatic heterocycles. The van der Waals surface area contributed by atoms with Crippen molar-refractivity contribution in [2.24, 2.45) is 11.8 Å². The standard InChI is InChI=1S/C9H14N2O3S/c10-11-9(7-1-3-14-5-7)8-2-4-15(12,13)6-8/h1,3,5,8-9,11H,2,4,6,10H2. The first kappa shape index (κ1) is 10.7. The van der Waals surface area contributed by atoms with Crippen molar-refractivity contribution in [2.45, 2.75) is 12.5 Å². The molecule has 84 valence electrons. The van der Waals surface area contributed by atoms with Crippen LogP contribution in [0, 0.1) is 5.92 Å². The molecule has 1 aromatic heterocycles. The van der Waals surface area contributed by atoms with Gasteiger partial charge in [0.15, 0.2) is 9.84 Å². The molecule has 2 unspecified atom stereocenters. The van der Waals surface area contributed by atoms with E-state index in [-0.39, 0.29) is 23.5 Å². The first-order chi connectivity index (χ1) is 7.12. The summed E-state index contributed by atoms with van der Waals surface area (Å²) >= 11 is 0. The minimum absolute atomic E-state index is 0.0394. The van der Waals surface area contributed by atoms with Crippen LogP contribution in [-0.4, -0.2) is 19.9 Å². The maximum Gasteiger partial charge on any atom is 0.150 e. The molecule has 2 atom stereocenters. The quantitative estimate of drug-likeness (QED) is 0.573. The van der Waals surface area contributed by atoms with Crippen LogP contribution in [0.4, 0.5) is 0 Å². The lowest BCUT2D eigenvalue weighted by molar-refractivity contribution is 0.395. The van der Waals surface area contributed by atoms with Gasteiger partial charge in [0.05, 0.1) is 30.1 Å². The van der Waals surface area contributed by atoms with Crippen LogP contribution >= 0.6 is 0 Å². The van der Waals surface area contributed by atoms with Crippen molar-refractivity contribution in [3.63, 3.8) is 0 Å². The molecule has 2 heterocycles. The SMILES string of the molecule is NNC(c1ccoc1)C1CCS(=O)(=O)C1. The summed E-state index contributed by atoms with van der Waals surface area (Å²) in [5.41, 5.74) is 3.56. The zero-order valence-corrected chi connectivity index (χ0v) is 9.03. The molecular weight excluding hydrogens is 216 g/mol. The van der Waals surface area contributed by atoms with E-state index < -0.39 is 9.84 Å². The van der Waals surface area contributed by atoms with Crippen molar-refractivity contribution >= 4 is 9.84 Å². The van der Waals surface area contributed by atoms with E-state index in [0.717, 1.165) is 5.56 Å². The van der Waals surface area contributed by atoms with Gasteiger partial charge in [-0.05, 0) is 18.4 Å². The molecule has 3 N–H and O–H groups in total. The second kappa shape index (κ2) is 3.96. The molecule has 6 heteroatoms. The Labute approximate surface area is 88.5 Å². The van der Waals surface area contributed by atoms with Gasteiger partial charge in [-0.25, -0.2) is 8.42 Å². The fourth-order valence-corrected chi connectivity index (χ4v) is 3.88. The average molecular weight is 230 g/mol. The smallest absolute Gasteiger partial charge is 0.150 e. The summed E-state index contributed by atoms with van der Waals surface area (Å²) < 4.78 is 27.6. The third-order valence-electron chi connectivity index (χ3n) is 2.82. The van der Waals surface area contributed by atoms with Gasteiger partial charge in [-0.15, -0.1) is 0 Å². The Hall–Kier alpha value is -0.850. The summed E-state index contributed by atoms with van der Waals surface area (Å²) in [4.78, 5) is 0. The molecule has 0 aliphatic carbocycles. The van der Waals surface area contributed by atoms with Gasteiger partial charge in [-0.2, -0.15) is 0 Å². The van der Waals surface area contributed by atoms with Gasteiger partial charge in [-0.3, -0.25) is 11.3 Å². The number of nitrogens with two attached hydrogens (primary N) is 1. The van der Waals surface area contributed by atoms with Crippen LogP contribution in [0.1, 0.15) is 18.0 Å². The minimum atomic E-state index is -2.87. The lowest BCUT2D eigenvalue weighted by atomic mass is 9.95. The van der Waals surface area contributed by atoms with Crippen molar-refractivity contribution in [1.29, 1.82) is 0 Å². The number of hydrogen-bond acceptors (Lipinski definition) is 5. The number of furan rings is 1. The van der Waals surface area contributed by atoms with Gasteiger partial charge in [0, 0.05) is 5.56 Å². The topological polar surface area (TPSA) is 85.3 Å². The highest BCUT2D eigenvalue weighted by molar-refractivity contribution is 7.91. The molecular formula is C9H14N2O3S. The first-order valence-electron chi connectivity index (χ1n) is 4.81. The van der Waals surface area contributed by atoms with Crippen LogP contribution in [0.2, 0.25) is 0 Å². The summed E-state index contributed by atoms with van der Waals surface area (Å²) in [7, 11) is -2.87. The van der Waals surface area contributed by atoms with Gasteiger partial charge in [0.1, 0.15) is 0 Å². The van der Waals surface area contributed by atoms with E-state index in [0.29, 0.717) is 6.42 Å². The monoisotopic (exact) mass is 230 g/mol. The van der Waals surface area contributed by atoms with Gasteiger partial charge in [0.2, 0.25) is 0 Å². The zero-order chi connectivity index (χ0) is 10.9. The van der Waals surface area contributed by atoms with Crippen LogP contribution < -0.4 is 11.3 Å². The Morgan fingerprint density at radius 3 is 2.87 bits per heavy atom. The first-order valence-corrected chi connectivity index (χ1v) is 6.63. The number of hydrogen-bond donors (Lipinski definition) is 2. The Kier molecular flexibility index (Phi) is 2.81. The lowest BCUT2D eigenvalue weighted by Gasteiger charge is -2.19. The highest BCUT2D eigenvalue weighted by Gasteiger charge is 2.34. The lowest BCUT2D eigenvalue weighted by Crippen LogP contribution is -2.33. The molecule has 0 aromatic carbocycles. The average Bonchev–Trinajstić information content (AvgIpc) is 2.77. The van der Waals surface area contributed by atoms with Crippen molar-refractivity contribution in [2.75, 3.05) is 11.5 Å². The van der Waals surface area contributed by atoms with Crippen molar-refractivity contribution < 1.29 is 12.8 Å². The van der Waals surface area contributed by atoms with Gasteiger partial charge in [-0.1, -0.05) is 0 Å². The fourth-order valence-electron chi connectivity index (χ4n) is 2.04. The summed E-state index contributed by atoms with van der Waals surface area (Å²) in [5, 5.41) is 0. The Morgan fingerprint density at radius 1 is 1.60 bits per heavy atom. The Balaban J connectivity index is 2.16. The van der Waals surface area contributed by atoms with E-state index >= 15 is 0 Å². The van der Waals surface area contributed by atoms with Gasteiger partial charge in [0.25, 0.3) is 0 Å². The molecule has 0 saturated carbocycles. The van der Waals surface area contributed by atoms with Gasteiger partial charge < -0.3 is 4.42 Å². The predicted molar refractivity (Wildman–Crippen MR) is 55.5 cm³/mol. The number of rotatable bonds is 3. The molecule has 1 fully saturated rings. The third kappa shape index (κ3) is 2.22. The molecule has 0 radical (unpaired) electrons. The molecule has 1 aromatic rings. The normalized spacial score (nSPS) is 26.6. The maximum atomic E-state index is 11.3. The van der Waals surface area contributed by atoms with Crippen LogP contribution in [0.15, 0.2) is 23.0 Å². The van der Waals surface area contributed by atoms with E-state index in [2.05, 4.69) is 5.43 Å². The van der Waals surface area contributed by atoms with Gasteiger partial charge >= 0.3 is 0 Å². The summed E-state index contributed by atoms with van der Waals surface area (Å²) in [6, 6.07) is 1.66. The number of nitrogens with one attached hydrogen (secondary N) is 1. The Morgan fingerprint density at radius 2 is 2.40 bits per heavy atom. The highest BCUT2D eigenvalue weighted by Crippen LogP contribution is 2.30. The van der Waals surface area contributed by atoms with Crippen molar-refractivity contribution in [3.8, 4) is 0 Å². The van der Waals surface area contributed by atoms with Crippen LogP contribution in [-0.2, 0) is 9.84 Å². The van der Waals surface area contributed by atoms with Crippen molar-refractivity contribution in [1.82, 2.24) is 5.43 Å². The molecule has 5 nitrogen and oxygen atoms in total.